The predicted octanol–water partition coefficient (Wildman–Crippen LogP) is 5.45. The summed E-state index contributed by atoms with van der Waals surface area (Å²) in [5.41, 5.74) is -2.18. The van der Waals surface area contributed by atoms with Crippen LogP contribution >= 0.6 is 10.2 Å². The molecule has 0 aromatic heterocycles. The van der Waals surface area contributed by atoms with Gasteiger partial charge >= 0.3 is 22.4 Å². The number of hydrogen-bond acceptors (Lipinski definition) is 6. The molecule has 1 aromatic carbocycles. The van der Waals surface area contributed by atoms with Gasteiger partial charge in [0.05, 0.1) is 23.6 Å². The molecule has 3 rings (SSSR count). The molecule has 1 unspecified atom stereocenters. The van der Waals surface area contributed by atoms with Gasteiger partial charge in [-0.3, -0.25) is 4.84 Å². The minimum atomic E-state index is -10.2. The molecule has 1 aromatic rings. The Morgan fingerprint density at radius 2 is 1.91 bits per heavy atom. The molecule has 1 saturated heterocycles. The standard InChI is InChI=1S/C16H15F8N3O5S/c1-9(32-25-27(29)26-5-2-6-26)30-15(28)12-8-10-7-11(33(20,21,22,23)24)3-4-13(10)31-14(12)16(17,18)19/h3-4,7-9,14H,2,5-6H2,1H3/b27-25-/t9?,14-/m0/s1. The molecular formula is C16H15F8N3O5S. The van der Waals surface area contributed by atoms with Gasteiger partial charge in [-0.25, -0.2) is 4.79 Å². The van der Waals surface area contributed by atoms with Crippen molar-refractivity contribution >= 4 is 22.3 Å². The van der Waals surface area contributed by atoms with Crippen molar-refractivity contribution in [3.05, 3.63) is 34.5 Å². The first-order valence-corrected chi connectivity index (χ1v) is 10.9. The summed E-state index contributed by atoms with van der Waals surface area (Å²) in [6.07, 6.45) is -8.86. The lowest BCUT2D eigenvalue weighted by Gasteiger charge is -2.41. The van der Waals surface area contributed by atoms with E-state index >= 15 is 0 Å². The number of alkyl halides is 3. The summed E-state index contributed by atoms with van der Waals surface area (Å²) in [7, 11) is -10.2. The Balaban J connectivity index is 1.88. The lowest BCUT2D eigenvalue weighted by molar-refractivity contribution is -0.724. The zero-order valence-corrected chi connectivity index (χ0v) is 17.2. The summed E-state index contributed by atoms with van der Waals surface area (Å²) in [5.74, 6) is -2.56. The number of esters is 1. The van der Waals surface area contributed by atoms with E-state index in [1.165, 1.54) is 5.01 Å². The molecule has 2 heterocycles. The molecule has 2 atom stereocenters. The molecule has 2 aliphatic heterocycles. The Hall–Kier alpha value is -2.98. The van der Waals surface area contributed by atoms with Crippen LogP contribution in [-0.2, 0) is 14.4 Å². The molecule has 0 saturated carbocycles. The number of nitrogens with zero attached hydrogens (tertiary/aromatic N) is 3. The number of hydrazine groups is 1. The van der Waals surface area contributed by atoms with Crippen LogP contribution in [0.1, 0.15) is 18.9 Å². The normalized spacial score (nSPS) is 22.0. The third-order valence-corrected chi connectivity index (χ3v) is 5.56. The molecule has 2 aliphatic rings. The average molecular weight is 513 g/mol. The maximum absolute atomic E-state index is 13.4. The van der Waals surface area contributed by atoms with Crippen molar-refractivity contribution in [1.29, 1.82) is 0 Å². The zero-order chi connectivity index (χ0) is 24.9. The molecule has 0 amide bonds. The SMILES string of the molecule is CC(O/N=[N+](\[O-])N1CCC1)OC(=O)C1=Cc2cc(S(F)(F)(F)(F)F)ccc2O[C@@H]1C(F)(F)F. The molecule has 1 fully saturated rings. The van der Waals surface area contributed by atoms with Gasteiger partial charge in [0.25, 0.3) is 6.29 Å². The quantitative estimate of drug-likeness (QED) is 0.126. The van der Waals surface area contributed by atoms with Crippen molar-refractivity contribution in [3.63, 3.8) is 0 Å². The van der Waals surface area contributed by atoms with Crippen LogP contribution in [-0.4, -0.2) is 47.6 Å². The fraction of sp³-hybridized carbons (Fsp3) is 0.438. The predicted molar refractivity (Wildman–Crippen MR) is 95.2 cm³/mol. The smallest absolute Gasteiger partial charge is 0.430 e. The van der Waals surface area contributed by atoms with E-state index in [0.29, 0.717) is 25.2 Å². The van der Waals surface area contributed by atoms with E-state index in [-0.39, 0.29) is 17.1 Å². The molecule has 0 aliphatic carbocycles. The third-order valence-electron chi connectivity index (χ3n) is 4.41. The number of hydrogen-bond donors (Lipinski definition) is 0. The molecule has 0 radical (unpaired) electrons. The average Bonchev–Trinajstić information content (AvgIpc) is 2.60. The van der Waals surface area contributed by atoms with Crippen LogP contribution in [0.15, 0.2) is 33.9 Å². The van der Waals surface area contributed by atoms with Crippen LogP contribution in [0.5, 0.6) is 5.75 Å². The maximum atomic E-state index is 13.4. The van der Waals surface area contributed by atoms with E-state index in [2.05, 4.69) is 19.6 Å². The second-order valence-corrected chi connectivity index (χ2v) is 9.44. The Bertz CT molecular complexity index is 1020. The summed E-state index contributed by atoms with van der Waals surface area (Å²) >= 11 is 0. The second-order valence-electron chi connectivity index (χ2n) is 7.03. The van der Waals surface area contributed by atoms with E-state index in [0.717, 1.165) is 13.3 Å². The lowest BCUT2D eigenvalue weighted by Crippen LogP contribution is -2.42. The molecule has 33 heavy (non-hydrogen) atoms. The highest BCUT2D eigenvalue weighted by atomic mass is 32.5. The highest BCUT2D eigenvalue weighted by molar-refractivity contribution is 8.45. The number of halogens is 8. The number of benzene rings is 1. The molecular weight excluding hydrogens is 498 g/mol. The highest BCUT2D eigenvalue weighted by Gasteiger charge is 2.65. The minimum Gasteiger partial charge on any atom is -0.569 e. The van der Waals surface area contributed by atoms with Gasteiger partial charge in [-0.15, -0.1) is 5.01 Å². The second kappa shape index (κ2) is 7.26. The highest BCUT2D eigenvalue weighted by Crippen LogP contribution is 3.02. The van der Waals surface area contributed by atoms with Gasteiger partial charge in [0.15, 0.2) is 0 Å². The van der Waals surface area contributed by atoms with Crippen LogP contribution in [0, 0.1) is 5.21 Å². The Labute approximate surface area is 180 Å². The molecule has 0 spiro atoms. The van der Waals surface area contributed by atoms with Gasteiger partial charge in [0.1, 0.15) is 10.6 Å². The van der Waals surface area contributed by atoms with Crippen molar-refractivity contribution in [2.75, 3.05) is 13.1 Å². The summed E-state index contributed by atoms with van der Waals surface area (Å²) in [5, 5.41) is 15.7. The number of carbonyl (C=O) groups is 1. The first-order chi connectivity index (χ1) is 14.8. The number of rotatable bonds is 6. The van der Waals surface area contributed by atoms with Crippen LogP contribution < -0.4 is 4.74 Å². The lowest BCUT2D eigenvalue weighted by atomic mass is 10.0. The van der Waals surface area contributed by atoms with E-state index in [9.17, 15) is 42.6 Å². The van der Waals surface area contributed by atoms with E-state index < -0.39 is 56.5 Å². The molecule has 0 bridgehead atoms. The fourth-order valence-electron chi connectivity index (χ4n) is 2.70. The zero-order valence-electron chi connectivity index (χ0n) is 16.4. The molecule has 186 valence electrons. The fourth-order valence-corrected chi connectivity index (χ4v) is 3.37. The largest absolute Gasteiger partial charge is 0.569 e. The van der Waals surface area contributed by atoms with Crippen molar-refractivity contribution in [3.8, 4) is 5.75 Å². The number of carbonyl (C=O) groups excluding carboxylic acids is 1. The van der Waals surface area contributed by atoms with Crippen molar-refractivity contribution < 1.29 is 56.7 Å². The van der Waals surface area contributed by atoms with Crippen LogP contribution in [0.4, 0.5) is 32.6 Å². The molecule has 8 nitrogen and oxygen atoms in total. The minimum absolute atomic E-state index is 0.0349. The Morgan fingerprint density at radius 3 is 2.42 bits per heavy atom. The third kappa shape index (κ3) is 5.69. The Morgan fingerprint density at radius 1 is 1.27 bits per heavy atom. The van der Waals surface area contributed by atoms with E-state index in [4.69, 9.17) is 0 Å². The summed E-state index contributed by atoms with van der Waals surface area (Å²) < 4.78 is 115. The monoisotopic (exact) mass is 513 g/mol. The summed E-state index contributed by atoms with van der Waals surface area (Å²) in [6, 6.07) is 0.0484. The first-order valence-electron chi connectivity index (χ1n) is 8.98. The number of fused-ring (bicyclic) bond motifs is 1. The Kier molecular flexibility index (Phi) is 5.42. The van der Waals surface area contributed by atoms with Crippen LogP contribution in [0.2, 0.25) is 0 Å². The van der Waals surface area contributed by atoms with Crippen LogP contribution in [0.25, 0.3) is 6.08 Å². The van der Waals surface area contributed by atoms with E-state index in [1.54, 1.807) is 0 Å². The van der Waals surface area contributed by atoms with Crippen molar-refractivity contribution in [2.45, 2.75) is 36.8 Å². The van der Waals surface area contributed by atoms with Gasteiger partial charge < -0.3 is 14.7 Å². The van der Waals surface area contributed by atoms with Gasteiger partial charge in [0.2, 0.25) is 11.4 Å². The molecule has 0 N–H and O–H groups in total. The van der Waals surface area contributed by atoms with Crippen molar-refractivity contribution in [2.24, 2.45) is 5.28 Å². The molecule has 17 heteroatoms. The maximum Gasteiger partial charge on any atom is 0.430 e. The topological polar surface area (TPSA) is 86.4 Å². The van der Waals surface area contributed by atoms with Crippen molar-refractivity contribution in [1.82, 2.24) is 5.01 Å². The number of ether oxygens (including phenoxy) is 2. The van der Waals surface area contributed by atoms with E-state index in [1.807, 2.05) is 0 Å². The van der Waals surface area contributed by atoms with Gasteiger partial charge in [-0.05, 0) is 30.7 Å². The van der Waals surface area contributed by atoms with Gasteiger partial charge in [-0.1, -0.05) is 19.4 Å². The first kappa shape index (κ1) is 24.7. The van der Waals surface area contributed by atoms with Gasteiger partial charge in [-0.2, -0.15) is 13.2 Å². The van der Waals surface area contributed by atoms with Crippen LogP contribution in [0.3, 0.4) is 0 Å². The summed E-state index contributed by atoms with van der Waals surface area (Å²) in [6.45, 7) is 1.75. The van der Waals surface area contributed by atoms with Gasteiger partial charge in [0, 0.05) is 12.5 Å². The summed E-state index contributed by atoms with van der Waals surface area (Å²) in [4.78, 5) is 14.5.